The fourth-order valence-corrected chi connectivity index (χ4v) is 3.04. The lowest BCUT2D eigenvalue weighted by molar-refractivity contribution is 0.317. The van der Waals surface area contributed by atoms with Crippen LogP contribution >= 0.6 is 0 Å². The average Bonchev–Trinajstić information content (AvgIpc) is 2.72. The maximum Gasteiger partial charge on any atom is 0.119 e. The van der Waals surface area contributed by atoms with Crippen molar-refractivity contribution in [3.63, 3.8) is 0 Å². The average molecular weight is 347 g/mol. The second-order valence-electron chi connectivity index (χ2n) is 5.84. The van der Waals surface area contributed by atoms with Gasteiger partial charge < -0.3 is 14.7 Å². The molecule has 0 bridgehead atoms. The molecule has 3 aromatic carbocycles. The molecule has 0 heterocycles. The van der Waals surface area contributed by atoms with Gasteiger partial charge in [-0.05, 0) is 35.4 Å². The van der Waals surface area contributed by atoms with E-state index in [9.17, 15) is 5.21 Å². The molecule has 0 spiro atoms. The van der Waals surface area contributed by atoms with Crippen LogP contribution in [0.2, 0.25) is 0 Å². The van der Waals surface area contributed by atoms with Gasteiger partial charge in [-0.3, -0.25) is 0 Å². The van der Waals surface area contributed by atoms with Gasteiger partial charge in [0, 0.05) is 5.56 Å². The molecule has 3 aromatic rings. The van der Waals surface area contributed by atoms with Crippen LogP contribution in [0.15, 0.2) is 84.0 Å². The minimum Gasteiger partial charge on any atom is -0.497 e. The molecule has 132 valence electrons. The predicted molar refractivity (Wildman–Crippen MR) is 103 cm³/mol. The Hall–Kier alpha value is -3.27. The van der Waals surface area contributed by atoms with E-state index in [1.165, 1.54) is 0 Å². The van der Waals surface area contributed by atoms with Crippen LogP contribution in [0.5, 0.6) is 11.5 Å². The third-order valence-electron chi connectivity index (χ3n) is 4.30. The summed E-state index contributed by atoms with van der Waals surface area (Å²) in [6.45, 7) is 0. The first-order valence-corrected chi connectivity index (χ1v) is 8.32. The highest BCUT2D eigenvalue weighted by atomic mass is 16.5. The summed E-state index contributed by atoms with van der Waals surface area (Å²) >= 11 is 0. The van der Waals surface area contributed by atoms with E-state index in [1.807, 2.05) is 78.9 Å². The normalized spacial score (nSPS) is 11.4. The van der Waals surface area contributed by atoms with E-state index in [1.54, 1.807) is 14.2 Å². The molecule has 4 nitrogen and oxygen atoms in total. The molecule has 0 aliphatic heterocycles. The number of ether oxygens (including phenoxy) is 2. The van der Waals surface area contributed by atoms with Crippen molar-refractivity contribution in [1.82, 2.24) is 0 Å². The number of benzene rings is 3. The van der Waals surface area contributed by atoms with Crippen molar-refractivity contribution in [1.29, 1.82) is 0 Å². The first kappa shape index (κ1) is 17.5. The molecule has 0 aromatic heterocycles. The van der Waals surface area contributed by atoms with Crippen LogP contribution in [0.3, 0.4) is 0 Å². The van der Waals surface area contributed by atoms with E-state index < -0.39 is 0 Å². The van der Waals surface area contributed by atoms with Gasteiger partial charge in [0.15, 0.2) is 0 Å². The van der Waals surface area contributed by atoms with Gasteiger partial charge in [0.1, 0.15) is 11.5 Å². The summed E-state index contributed by atoms with van der Waals surface area (Å²) in [6.07, 6.45) is 0. The molecule has 0 aliphatic carbocycles. The largest absolute Gasteiger partial charge is 0.497 e. The van der Waals surface area contributed by atoms with Crippen LogP contribution < -0.4 is 9.47 Å². The molecular weight excluding hydrogens is 326 g/mol. The SMILES string of the molecule is COc1cccc(C(/C(=N/O)c2ccccc2)c2cccc(OC)c2)c1. The number of methoxy groups -OCH3 is 2. The van der Waals surface area contributed by atoms with E-state index in [4.69, 9.17) is 9.47 Å². The Kier molecular flexibility index (Phi) is 5.54. The van der Waals surface area contributed by atoms with Gasteiger partial charge >= 0.3 is 0 Å². The number of hydrogen-bond acceptors (Lipinski definition) is 4. The lowest BCUT2D eigenvalue weighted by Gasteiger charge is -2.21. The lowest BCUT2D eigenvalue weighted by atomic mass is 9.84. The van der Waals surface area contributed by atoms with Crippen LogP contribution in [-0.2, 0) is 0 Å². The van der Waals surface area contributed by atoms with Crippen molar-refractivity contribution in [2.75, 3.05) is 14.2 Å². The molecular formula is C22H21NO3. The molecule has 0 radical (unpaired) electrons. The number of oxime groups is 1. The fraction of sp³-hybridized carbons (Fsp3) is 0.136. The highest BCUT2D eigenvalue weighted by Gasteiger charge is 2.24. The van der Waals surface area contributed by atoms with Crippen molar-refractivity contribution in [3.05, 3.63) is 95.6 Å². The van der Waals surface area contributed by atoms with Crippen LogP contribution in [-0.4, -0.2) is 25.1 Å². The molecule has 0 unspecified atom stereocenters. The van der Waals surface area contributed by atoms with Gasteiger partial charge in [-0.2, -0.15) is 0 Å². The lowest BCUT2D eigenvalue weighted by Crippen LogP contribution is -2.16. The van der Waals surface area contributed by atoms with Gasteiger partial charge in [-0.25, -0.2) is 0 Å². The summed E-state index contributed by atoms with van der Waals surface area (Å²) in [5.41, 5.74) is 3.35. The minimum absolute atomic E-state index is 0.271. The van der Waals surface area contributed by atoms with Crippen molar-refractivity contribution in [2.24, 2.45) is 5.16 Å². The van der Waals surface area contributed by atoms with E-state index in [2.05, 4.69) is 5.16 Å². The number of rotatable bonds is 6. The molecule has 0 amide bonds. The molecule has 0 aliphatic rings. The quantitative estimate of drug-likeness (QED) is 0.399. The Morgan fingerprint density at radius 1 is 0.769 bits per heavy atom. The molecule has 0 saturated heterocycles. The maximum atomic E-state index is 9.85. The summed E-state index contributed by atoms with van der Waals surface area (Å²) in [4.78, 5) is 0. The minimum atomic E-state index is -0.271. The van der Waals surface area contributed by atoms with Gasteiger partial charge in [0.25, 0.3) is 0 Å². The molecule has 0 fully saturated rings. The number of nitrogens with zero attached hydrogens (tertiary/aromatic N) is 1. The zero-order valence-corrected chi connectivity index (χ0v) is 14.8. The Morgan fingerprint density at radius 2 is 1.31 bits per heavy atom. The molecule has 0 atom stereocenters. The second-order valence-corrected chi connectivity index (χ2v) is 5.84. The topological polar surface area (TPSA) is 51.0 Å². The summed E-state index contributed by atoms with van der Waals surface area (Å²) in [5, 5.41) is 13.5. The first-order valence-electron chi connectivity index (χ1n) is 8.32. The Balaban J connectivity index is 2.17. The second kappa shape index (κ2) is 8.21. The smallest absolute Gasteiger partial charge is 0.119 e. The summed E-state index contributed by atoms with van der Waals surface area (Å²) in [5.74, 6) is 1.23. The zero-order chi connectivity index (χ0) is 18.4. The Bertz CT molecular complexity index is 843. The summed E-state index contributed by atoms with van der Waals surface area (Å²) < 4.78 is 10.8. The van der Waals surface area contributed by atoms with Crippen molar-refractivity contribution >= 4 is 5.71 Å². The van der Waals surface area contributed by atoms with Crippen molar-refractivity contribution in [3.8, 4) is 11.5 Å². The van der Waals surface area contributed by atoms with Crippen LogP contribution in [0, 0.1) is 0 Å². The first-order chi connectivity index (χ1) is 12.8. The van der Waals surface area contributed by atoms with Gasteiger partial charge in [-0.1, -0.05) is 59.8 Å². The van der Waals surface area contributed by atoms with E-state index >= 15 is 0 Å². The Labute approximate surface area is 153 Å². The zero-order valence-electron chi connectivity index (χ0n) is 14.8. The third-order valence-corrected chi connectivity index (χ3v) is 4.30. The molecule has 0 saturated carbocycles. The van der Waals surface area contributed by atoms with Gasteiger partial charge in [-0.15, -0.1) is 0 Å². The van der Waals surface area contributed by atoms with E-state index in [-0.39, 0.29) is 5.92 Å². The molecule has 3 rings (SSSR count). The van der Waals surface area contributed by atoms with Crippen LogP contribution in [0.25, 0.3) is 0 Å². The highest BCUT2D eigenvalue weighted by molar-refractivity contribution is 6.06. The maximum absolute atomic E-state index is 9.85. The third kappa shape index (κ3) is 3.70. The van der Waals surface area contributed by atoms with Gasteiger partial charge in [0.05, 0.1) is 25.8 Å². The predicted octanol–water partition coefficient (Wildman–Crippen LogP) is 4.71. The Morgan fingerprint density at radius 3 is 1.77 bits per heavy atom. The van der Waals surface area contributed by atoms with E-state index in [0.29, 0.717) is 5.71 Å². The summed E-state index contributed by atoms with van der Waals surface area (Å²) in [7, 11) is 3.27. The van der Waals surface area contributed by atoms with Gasteiger partial charge in [0.2, 0.25) is 0 Å². The monoisotopic (exact) mass is 347 g/mol. The van der Waals surface area contributed by atoms with Crippen LogP contribution in [0.4, 0.5) is 0 Å². The molecule has 4 heteroatoms. The fourth-order valence-electron chi connectivity index (χ4n) is 3.04. The van der Waals surface area contributed by atoms with Crippen molar-refractivity contribution < 1.29 is 14.7 Å². The molecule has 26 heavy (non-hydrogen) atoms. The van der Waals surface area contributed by atoms with E-state index in [0.717, 1.165) is 28.2 Å². The molecule has 1 N–H and O–H groups in total. The highest BCUT2D eigenvalue weighted by Crippen LogP contribution is 2.32. The number of hydrogen-bond donors (Lipinski definition) is 1. The van der Waals surface area contributed by atoms with Crippen molar-refractivity contribution in [2.45, 2.75) is 5.92 Å². The standard InChI is InChI=1S/C22H21NO3/c1-25-19-12-6-10-17(14-19)21(18-11-7-13-20(15-18)26-2)22(23-24)16-8-4-3-5-9-16/h3-15,21,24H,1-2H3/b23-22+. The van der Waals surface area contributed by atoms with Crippen LogP contribution in [0.1, 0.15) is 22.6 Å². The summed E-state index contributed by atoms with van der Waals surface area (Å²) in [6, 6.07) is 25.2.